The molecule has 0 atom stereocenters. The van der Waals surface area contributed by atoms with E-state index in [1.54, 1.807) is 0 Å². The molecule has 0 aromatic heterocycles. The van der Waals surface area contributed by atoms with Crippen LogP contribution in [0.2, 0.25) is 0 Å². The van der Waals surface area contributed by atoms with Crippen LogP contribution in [0.4, 0.5) is 0 Å². The third-order valence-corrected chi connectivity index (χ3v) is 6.79. The van der Waals surface area contributed by atoms with Crippen molar-refractivity contribution in [1.29, 1.82) is 0 Å². The van der Waals surface area contributed by atoms with Gasteiger partial charge in [-0.1, -0.05) is 72.8 Å². The fraction of sp³-hybridized carbons (Fsp3) is 0.194. The van der Waals surface area contributed by atoms with E-state index in [4.69, 9.17) is 9.47 Å². The molecule has 37 heavy (non-hydrogen) atoms. The molecule has 8 bridgehead atoms. The van der Waals surface area contributed by atoms with E-state index in [-0.39, 0.29) is 23.9 Å². The Morgan fingerprint density at radius 1 is 0.595 bits per heavy atom. The Hall–Kier alpha value is -4.29. The van der Waals surface area contributed by atoms with Crippen LogP contribution >= 0.6 is 0 Å². The number of para-hydroxylation sites is 4. The van der Waals surface area contributed by atoms with E-state index in [0.29, 0.717) is 64.8 Å². The minimum Gasteiger partial charge on any atom is -0.507 e. The molecule has 0 amide bonds. The summed E-state index contributed by atoms with van der Waals surface area (Å²) in [6.45, 7) is -0.198. The summed E-state index contributed by atoms with van der Waals surface area (Å²) in [7, 11) is 1.43. The minimum atomic E-state index is -0.532. The average Bonchev–Trinajstić information content (AvgIpc) is 2.87. The van der Waals surface area contributed by atoms with E-state index in [2.05, 4.69) is 0 Å². The first-order valence-electron chi connectivity index (χ1n) is 12.1. The van der Waals surface area contributed by atoms with Crippen LogP contribution in [0.3, 0.4) is 0 Å². The molecule has 1 aliphatic rings. The van der Waals surface area contributed by atoms with E-state index in [1.165, 1.54) is 7.11 Å². The molecule has 0 aliphatic heterocycles. The molecule has 0 saturated carbocycles. The van der Waals surface area contributed by atoms with Gasteiger partial charge in [0.15, 0.2) is 0 Å². The lowest BCUT2D eigenvalue weighted by Crippen LogP contribution is -2.16. The summed E-state index contributed by atoms with van der Waals surface area (Å²) in [4.78, 5) is 12.5. The molecule has 6 nitrogen and oxygen atoms in total. The molecule has 0 spiro atoms. The van der Waals surface area contributed by atoms with E-state index in [9.17, 15) is 20.1 Å². The third-order valence-electron chi connectivity index (χ3n) is 6.79. The molecule has 0 heterocycles. The maximum absolute atomic E-state index is 12.5. The van der Waals surface area contributed by atoms with Crippen molar-refractivity contribution >= 4 is 5.97 Å². The van der Waals surface area contributed by atoms with Crippen LogP contribution in [0, 0.1) is 0 Å². The number of ether oxygens (including phenoxy) is 2. The number of fused-ring (bicyclic) bond motifs is 8. The first kappa shape index (κ1) is 24.4. The number of esters is 1. The van der Waals surface area contributed by atoms with Crippen molar-refractivity contribution in [2.24, 2.45) is 0 Å². The number of aromatic hydroxyl groups is 3. The standard InChI is InChI=1S/C31H28O6/c1-36-18-27(32)37-31-25-12-5-13-26(31)17-24-11-4-9-22(30(24)35)15-20-7-2-6-19(28(20)33)14-21-8-3-10-23(16-25)29(21)34/h2-13,33-35H,14-18H2,1H3. The number of rotatable bonds is 3. The molecule has 3 N–H and O–H groups in total. The highest BCUT2D eigenvalue weighted by Crippen LogP contribution is 2.37. The smallest absolute Gasteiger partial charge is 0.337 e. The van der Waals surface area contributed by atoms with Crippen molar-refractivity contribution in [1.82, 2.24) is 0 Å². The second kappa shape index (κ2) is 10.4. The Kier molecular flexibility index (Phi) is 6.84. The van der Waals surface area contributed by atoms with E-state index in [0.717, 1.165) is 11.1 Å². The predicted octanol–water partition coefficient (Wildman–Crippen LogP) is 5.03. The Labute approximate surface area is 215 Å². The molecular weight excluding hydrogens is 468 g/mol. The number of hydrogen-bond donors (Lipinski definition) is 3. The number of hydrogen-bond acceptors (Lipinski definition) is 6. The molecule has 188 valence electrons. The van der Waals surface area contributed by atoms with Gasteiger partial charge >= 0.3 is 5.97 Å². The van der Waals surface area contributed by atoms with Crippen LogP contribution in [-0.4, -0.2) is 35.0 Å². The van der Waals surface area contributed by atoms with Gasteiger partial charge in [0, 0.05) is 32.8 Å². The van der Waals surface area contributed by atoms with Crippen LogP contribution in [0.15, 0.2) is 72.8 Å². The van der Waals surface area contributed by atoms with Gasteiger partial charge in [-0.05, 0) is 44.5 Å². The Morgan fingerprint density at radius 3 is 1.22 bits per heavy atom. The quantitative estimate of drug-likeness (QED) is 0.239. The fourth-order valence-corrected chi connectivity index (χ4v) is 4.92. The van der Waals surface area contributed by atoms with Crippen LogP contribution in [0.5, 0.6) is 23.0 Å². The van der Waals surface area contributed by atoms with Gasteiger partial charge in [0.05, 0.1) is 0 Å². The SMILES string of the molecule is COCC(=O)Oc1c2cccc1Cc1cccc(c1O)Cc1cccc(c1O)Cc1cccc(c1O)C2. The van der Waals surface area contributed by atoms with Crippen molar-refractivity contribution in [3.63, 3.8) is 0 Å². The molecule has 0 unspecified atom stereocenters. The normalized spacial score (nSPS) is 12.7. The minimum absolute atomic E-state index is 0.141. The number of phenolic OH excluding ortho intramolecular Hbond substituents is 3. The van der Waals surface area contributed by atoms with Gasteiger partial charge in [-0.15, -0.1) is 0 Å². The topological polar surface area (TPSA) is 96.2 Å². The molecule has 0 fully saturated rings. The number of methoxy groups -OCH3 is 1. The zero-order chi connectivity index (χ0) is 25.9. The van der Waals surface area contributed by atoms with Crippen LogP contribution < -0.4 is 4.74 Å². The number of phenols is 3. The summed E-state index contributed by atoms with van der Waals surface area (Å²) in [5.41, 5.74) is 5.52. The molecule has 0 saturated heterocycles. The predicted molar refractivity (Wildman–Crippen MR) is 139 cm³/mol. The first-order chi connectivity index (χ1) is 17.9. The fourth-order valence-electron chi connectivity index (χ4n) is 4.92. The molecule has 4 aromatic carbocycles. The summed E-state index contributed by atoms with van der Waals surface area (Å²) >= 11 is 0. The molecule has 4 aromatic rings. The second-order valence-electron chi connectivity index (χ2n) is 9.29. The molecule has 0 radical (unpaired) electrons. The van der Waals surface area contributed by atoms with Crippen LogP contribution in [0.1, 0.15) is 44.5 Å². The maximum atomic E-state index is 12.5. The highest BCUT2D eigenvalue weighted by atomic mass is 16.6. The van der Waals surface area contributed by atoms with Gasteiger partial charge in [-0.3, -0.25) is 0 Å². The van der Waals surface area contributed by atoms with Gasteiger partial charge in [-0.2, -0.15) is 0 Å². The maximum Gasteiger partial charge on any atom is 0.337 e. The highest BCUT2D eigenvalue weighted by Gasteiger charge is 2.20. The van der Waals surface area contributed by atoms with Gasteiger partial charge in [0.2, 0.25) is 0 Å². The van der Waals surface area contributed by atoms with Crippen molar-refractivity contribution in [2.45, 2.75) is 25.7 Å². The van der Waals surface area contributed by atoms with Crippen molar-refractivity contribution in [3.8, 4) is 23.0 Å². The van der Waals surface area contributed by atoms with Gasteiger partial charge in [0.1, 0.15) is 29.6 Å². The van der Waals surface area contributed by atoms with Crippen molar-refractivity contribution in [2.75, 3.05) is 13.7 Å². The van der Waals surface area contributed by atoms with Gasteiger partial charge < -0.3 is 24.8 Å². The molecule has 5 rings (SSSR count). The van der Waals surface area contributed by atoms with Crippen LogP contribution in [-0.2, 0) is 35.2 Å². The first-order valence-corrected chi connectivity index (χ1v) is 12.1. The zero-order valence-electron chi connectivity index (χ0n) is 20.5. The third kappa shape index (κ3) is 5.01. The second-order valence-corrected chi connectivity index (χ2v) is 9.29. The summed E-state index contributed by atoms with van der Waals surface area (Å²) in [6, 6.07) is 22.2. The Bertz CT molecular complexity index is 1380. The summed E-state index contributed by atoms with van der Waals surface area (Å²) in [5.74, 6) is 0.301. The van der Waals surface area contributed by atoms with E-state index >= 15 is 0 Å². The highest BCUT2D eigenvalue weighted by molar-refractivity contribution is 5.75. The number of benzene rings is 4. The zero-order valence-corrected chi connectivity index (χ0v) is 20.5. The van der Waals surface area contributed by atoms with E-state index < -0.39 is 5.97 Å². The molecule has 6 heteroatoms. The summed E-state index contributed by atoms with van der Waals surface area (Å²) in [6.07, 6.45) is 1.31. The lowest BCUT2D eigenvalue weighted by Gasteiger charge is -2.18. The van der Waals surface area contributed by atoms with Gasteiger partial charge in [-0.25, -0.2) is 4.79 Å². The van der Waals surface area contributed by atoms with E-state index in [1.807, 2.05) is 72.8 Å². The lowest BCUT2D eigenvalue weighted by molar-refractivity contribution is -0.138. The Morgan fingerprint density at radius 2 is 0.892 bits per heavy atom. The van der Waals surface area contributed by atoms with Gasteiger partial charge in [0.25, 0.3) is 0 Å². The summed E-state index contributed by atoms with van der Waals surface area (Å²) in [5, 5.41) is 33.4. The average molecular weight is 497 g/mol. The molecular formula is C31H28O6. The largest absolute Gasteiger partial charge is 0.507 e. The lowest BCUT2D eigenvalue weighted by atomic mass is 9.91. The summed E-state index contributed by atoms with van der Waals surface area (Å²) < 4.78 is 10.7. The number of carbonyl (C=O) groups is 1. The Balaban J connectivity index is 1.70. The number of carbonyl (C=O) groups excluding carboxylic acids is 1. The monoisotopic (exact) mass is 496 g/mol. The molecule has 1 aliphatic carbocycles. The van der Waals surface area contributed by atoms with Crippen LogP contribution in [0.25, 0.3) is 0 Å². The van der Waals surface area contributed by atoms with Crippen molar-refractivity contribution in [3.05, 3.63) is 117 Å². The van der Waals surface area contributed by atoms with Crippen molar-refractivity contribution < 1.29 is 29.6 Å².